The van der Waals surface area contributed by atoms with Gasteiger partial charge in [0.1, 0.15) is 0 Å². The van der Waals surface area contributed by atoms with Gasteiger partial charge in [-0.1, -0.05) is 11.8 Å². The third kappa shape index (κ3) is 4.43. The minimum absolute atomic E-state index is 0.141. The first kappa shape index (κ1) is 18.4. The van der Waals surface area contributed by atoms with E-state index in [4.69, 9.17) is 0 Å². The van der Waals surface area contributed by atoms with Crippen LogP contribution in [0.15, 0.2) is 36.0 Å². The number of rotatable bonds is 5. The first-order chi connectivity index (χ1) is 12.6. The second kappa shape index (κ2) is 8.35. The summed E-state index contributed by atoms with van der Waals surface area (Å²) in [4.78, 5) is 32.3. The molecular weight excluding hydrogens is 352 g/mol. The summed E-state index contributed by atoms with van der Waals surface area (Å²) in [6.45, 7) is 0. The van der Waals surface area contributed by atoms with Crippen LogP contribution in [0.5, 0.6) is 0 Å². The van der Waals surface area contributed by atoms with Crippen molar-refractivity contribution in [3.8, 4) is 0 Å². The summed E-state index contributed by atoms with van der Waals surface area (Å²) in [5.74, 6) is -0.706. The van der Waals surface area contributed by atoms with Crippen LogP contribution in [-0.2, 0) is 11.8 Å². The molecule has 138 valence electrons. The van der Waals surface area contributed by atoms with Crippen LogP contribution in [-0.4, -0.2) is 44.8 Å². The molecule has 1 fully saturated rings. The van der Waals surface area contributed by atoms with Gasteiger partial charge >= 0.3 is 5.97 Å². The number of thioether (sulfide) groups is 1. The second-order valence-corrected chi connectivity index (χ2v) is 7.61. The maximum Gasteiger partial charge on any atom is 0.339 e. The van der Waals surface area contributed by atoms with Gasteiger partial charge in [0.2, 0.25) is 0 Å². The number of amides is 1. The van der Waals surface area contributed by atoms with E-state index in [0.29, 0.717) is 10.8 Å². The number of carbonyl (C=O) groups is 2. The molecule has 1 amide bonds. The molecule has 0 saturated heterocycles. The van der Waals surface area contributed by atoms with Crippen molar-refractivity contribution in [3.63, 3.8) is 0 Å². The number of ether oxygens (including phenoxy) is 1. The quantitative estimate of drug-likeness (QED) is 0.809. The summed E-state index contributed by atoms with van der Waals surface area (Å²) < 4.78 is 6.69. The van der Waals surface area contributed by atoms with Gasteiger partial charge in [-0.2, -0.15) is 0 Å². The number of nitrogens with zero attached hydrogens (tertiary/aromatic N) is 3. The normalized spacial score (nSPS) is 19.8. The van der Waals surface area contributed by atoms with Crippen molar-refractivity contribution >= 4 is 23.6 Å². The van der Waals surface area contributed by atoms with Gasteiger partial charge in [0.15, 0.2) is 5.16 Å². The average Bonchev–Trinajstić information content (AvgIpc) is 3.07. The highest BCUT2D eigenvalue weighted by molar-refractivity contribution is 7.99. The molecule has 0 bridgehead atoms. The minimum Gasteiger partial charge on any atom is -0.465 e. The Labute approximate surface area is 156 Å². The van der Waals surface area contributed by atoms with E-state index in [2.05, 4.69) is 20.0 Å². The van der Waals surface area contributed by atoms with Gasteiger partial charge in [0.25, 0.3) is 5.91 Å². The van der Waals surface area contributed by atoms with E-state index in [0.717, 1.165) is 30.8 Å². The first-order valence-corrected chi connectivity index (χ1v) is 9.43. The van der Waals surface area contributed by atoms with Crippen molar-refractivity contribution in [1.82, 2.24) is 19.9 Å². The fraction of sp³-hybridized carbons (Fsp3) is 0.444. The average molecular weight is 374 g/mol. The maximum absolute atomic E-state index is 12.4. The van der Waals surface area contributed by atoms with Crippen LogP contribution >= 0.6 is 11.8 Å². The topological polar surface area (TPSA) is 86.1 Å². The van der Waals surface area contributed by atoms with E-state index in [-0.39, 0.29) is 17.5 Å². The highest BCUT2D eigenvalue weighted by Gasteiger charge is 2.24. The minimum atomic E-state index is -0.501. The molecule has 8 heteroatoms. The molecule has 2 aromatic rings. The SMILES string of the molecule is COC(=O)c1cncc(C(=O)NC2CCC(Sc3nccn3C)CC2)c1. The zero-order valence-electron chi connectivity index (χ0n) is 14.8. The highest BCUT2D eigenvalue weighted by atomic mass is 32.2. The van der Waals surface area contributed by atoms with Crippen LogP contribution in [0.3, 0.4) is 0 Å². The van der Waals surface area contributed by atoms with E-state index in [1.807, 2.05) is 24.0 Å². The van der Waals surface area contributed by atoms with Crippen LogP contribution in [0, 0.1) is 0 Å². The molecule has 0 radical (unpaired) electrons. The zero-order valence-corrected chi connectivity index (χ0v) is 15.7. The number of hydrogen-bond donors (Lipinski definition) is 1. The van der Waals surface area contributed by atoms with E-state index >= 15 is 0 Å². The van der Waals surface area contributed by atoms with Crippen LogP contribution in [0.2, 0.25) is 0 Å². The number of pyridine rings is 1. The summed E-state index contributed by atoms with van der Waals surface area (Å²) in [6, 6.07) is 1.65. The summed E-state index contributed by atoms with van der Waals surface area (Å²) >= 11 is 1.80. The van der Waals surface area contributed by atoms with Crippen molar-refractivity contribution < 1.29 is 14.3 Å². The molecule has 2 heterocycles. The van der Waals surface area contributed by atoms with Crippen molar-refractivity contribution in [2.45, 2.75) is 42.1 Å². The number of imidazole rings is 1. The molecule has 2 aromatic heterocycles. The molecule has 26 heavy (non-hydrogen) atoms. The second-order valence-electron chi connectivity index (χ2n) is 6.34. The number of hydrogen-bond acceptors (Lipinski definition) is 6. The Balaban J connectivity index is 1.52. The predicted molar refractivity (Wildman–Crippen MR) is 98.2 cm³/mol. The van der Waals surface area contributed by atoms with Crippen LogP contribution < -0.4 is 5.32 Å². The lowest BCUT2D eigenvalue weighted by Crippen LogP contribution is -2.38. The molecule has 1 aliphatic rings. The van der Waals surface area contributed by atoms with Gasteiger partial charge in [-0.3, -0.25) is 9.78 Å². The van der Waals surface area contributed by atoms with Gasteiger partial charge in [-0.05, 0) is 31.7 Å². The third-order valence-corrected chi connectivity index (χ3v) is 5.89. The van der Waals surface area contributed by atoms with E-state index in [9.17, 15) is 9.59 Å². The molecule has 1 saturated carbocycles. The van der Waals surface area contributed by atoms with E-state index in [1.165, 1.54) is 25.6 Å². The zero-order chi connectivity index (χ0) is 18.5. The van der Waals surface area contributed by atoms with Gasteiger partial charge in [-0.15, -0.1) is 0 Å². The smallest absolute Gasteiger partial charge is 0.339 e. The fourth-order valence-electron chi connectivity index (χ4n) is 3.00. The number of esters is 1. The number of aromatic nitrogens is 3. The molecule has 0 aromatic carbocycles. The van der Waals surface area contributed by atoms with Crippen LogP contribution in [0.25, 0.3) is 0 Å². The van der Waals surface area contributed by atoms with Gasteiger partial charge in [0, 0.05) is 43.1 Å². The van der Waals surface area contributed by atoms with Gasteiger partial charge < -0.3 is 14.6 Å². The summed E-state index contributed by atoms with van der Waals surface area (Å²) in [5, 5.41) is 4.60. The Bertz CT molecular complexity index is 784. The summed E-state index contributed by atoms with van der Waals surface area (Å²) in [5.41, 5.74) is 0.646. The lowest BCUT2D eigenvalue weighted by atomic mass is 9.95. The number of methoxy groups -OCH3 is 1. The Morgan fingerprint density at radius 1 is 1.23 bits per heavy atom. The molecule has 0 atom stereocenters. The molecule has 1 N–H and O–H groups in total. The van der Waals surface area contributed by atoms with Crippen LogP contribution in [0.1, 0.15) is 46.4 Å². The predicted octanol–water partition coefficient (Wildman–Crippen LogP) is 2.44. The largest absolute Gasteiger partial charge is 0.465 e. The molecule has 7 nitrogen and oxygen atoms in total. The molecule has 0 unspecified atom stereocenters. The maximum atomic E-state index is 12.4. The Morgan fingerprint density at radius 3 is 2.62 bits per heavy atom. The van der Waals surface area contributed by atoms with Crippen molar-refractivity contribution in [1.29, 1.82) is 0 Å². The monoisotopic (exact) mass is 374 g/mol. The van der Waals surface area contributed by atoms with Gasteiger partial charge in [0.05, 0.1) is 18.2 Å². The van der Waals surface area contributed by atoms with Crippen molar-refractivity contribution in [2.75, 3.05) is 7.11 Å². The first-order valence-electron chi connectivity index (χ1n) is 8.55. The van der Waals surface area contributed by atoms with Crippen molar-refractivity contribution in [3.05, 3.63) is 42.0 Å². The summed E-state index contributed by atoms with van der Waals surface area (Å²) in [6.07, 6.45) is 10.5. The Kier molecular flexibility index (Phi) is 5.92. The molecule has 1 aliphatic carbocycles. The lowest BCUT2D eigenvalue weighted by Gasteiger charge is -2.28. The van der Waals surface area contributed by atoms with E-state index < -0.39 is 5.97 Å². The number of aryl methyl sites for hydroxylation is 1. The number of carbonyl (C=O) groups excluding carboxylic acids is 2. The standard InChI is InChI=1S/C18H22N4O3S/c1-22-8-7-20-18(22)26-15-5-3-14(4-6-15)21-16(23)12-9-13(11-19-10-12)17(24)25-2/h7-11,14-15H,3-6H2,1-2H3,(H,21,23). The van der Waals surface area contributed by atoms with E-state index in [1.54, 1.807) is 11.8 Å². The molecular formula is C18H22N4O3S. The fourth-order valence-corrected chi connectivity index (χ4v) is 4.16. The Morgan fingerprint density at radius 2 is 1.96 bits per heavy atom. The lowest BCUT2D eigenvalue weighted by molar-refractivity contribution is 0.0600. The number of nitrogens with one attached hydrogen (secondary N) is 1. The summed E-state index contributed by atoms with van der Waals surface area (Å²) in [7, 11) is 3.30. The third-order valence-electron chi connectivity index (χ3n) is 4.48. The molecule has 0 aliphatic heterocycles. The molecule has 3 rings (SSSR count). The molecule has 0 spiro atoms. The van der Waals surface area contributed by atoms with Crippen molar-refractivity contribution in [2.24, 2.45) is 7.05 Å². The highest BCUT2D eigenvalue weighted by Crippen LogP contribution is 2.32. The van der Waals surface area contributed by atoms with Crippen LogP contribution in [0.4, 0.5) is 0 Å². The van der Waals surface area contributed by atoms with Gasteiger partial charge in [-0.25, -0.2) is 9.78 Å². The Hall–Kier alpha value is -2.35.